The lowest BCUT2D eigenvalue weighted by atomic mass is 10.0. The van der Waals surface area contributed by atoms with Crippen LogP contribution in [0.2, 0.25) is 0 Å². The van der Waals surface area contributed by atoms with E-state index in [1.807, 2.05) is 0 Å². The van der Waals surface area contributed by atoms with Crippen LogP contribution in [0, 0.1) is 13.8 Å². The second-order valence-electron chi connectivity index (χ2n) is 11.1. The summed E-state index contributed by atoms with van der Waals surface area (Å²) in [6, 6.07) is 25.8. The zero-order valence-corrected chi connectivity index (χ0v) is 26.8. The number of benzene rings is 4. The molecule has 0 radical (unpaired) electrons. The Hall–Kier alpha value is -3.78. The van der Waals surface area contributed by atoms with Crippen molar-refractivity contribution in [2.75, 3.05) is 26.2 Å². The summed E-state index contributed by atoms with van der Waals surface area (Å²) in [5.41, 5.74) is 3.51. The molecular weight excluding hydrogens is 617 g/mol. The molecule has 0 atom stereocenters. The molecule has 0 aromatic heterocycles. The summed E-state index contributed by atoms with van der Waals surface area (Å²) in [5, 5.41) is 19.3. The molecular formula is C33H38N2O8S2. The third-order valence-electron chi connectivity index (χ3n) is 7.66. The predicted molar refractivity (Wildman–Crippen MR) is 172 cm³/mol. The van der Waals surface area contributed by atoms with E-state index in [0.29, 0.717) is 11.1 Å². The number of phenols is 2. The van der Waals surface area contributed by atoms with E-state index in [9.17, 15) is 36.2 Å². The lowest BCUT2D eigenvalue weighted by molar-refractivity contribution is 0.122. The number of rotatable bonds is 8. The van der Waals surface area contributed by atoms with E-state index in [1.165, 1.54) is 63.3 Å². The van der Waals surface area contributed by atoms with Gasteiger partial charge < -0.3 is 10.2 Å². The highest BCUT2D eigenvalue weighted by Gasteiger charge is 2.23. The van der Waals surface area contributed by atoms with Gasteiger partial charge in [-0.05, 0) is 47.2 Å². The molecule has 1 aliphatic rings. The van der Waals surface area contributed by atoms with E-state index in [2.05, 4.69) is 70.5 Å². The molecule has 0 saturated carbocycles. The molecule has 1 heterocycles. The number of aryl methyl sites for hydroxylation is 2. The third-order valence-corrected chi connectivity index (χ3v) is 9.53. The maximum absolute atomic E-state index is 11.5. The summed E-state index contributed by atoms with van der Waals surface area (Å²) in [7, 11) is -9.36. The van der Waals surface area contributed by atoms with Crippen molar-refractivity contribution in [2.24, 2.45) is 0 Å². The van der Waals surface area contributed by atoms with Crippen LogP contribution in [0.25, 0.3) is 0 Å². The lowest BCUT2D eigenvalue weighted by Crippen LogP contribution is -2.45. The minimum atomic E-state index is -4.68. The van der Waals surface area contributed by atoms with E-state index < -0.39 is 30.0 Å². The van der Waals surface area contributed by atoms with Crippen LogP contribution < -0.4 is 0 Å². The molecule has 4 N–H and O–H groups in total. The molecule has 0 spiro atoms. The van der Waals surface area contributed by atoms with Crippen LogP contribution in [0.4, 0.5) is 0 Å². The number of piperazine rings is 1. The van der Waals surface area contributed by atoms with Gasteiger partial charge in [0.25, 0.3) is 20.2 Å². The molecule has 1 aliphatic heterocycles. The van der Waals surface area contributed by atoms with Gasteiger partial charge in [0.05, 0.1) is 0 Å². The Labute approximate surface area is 264 Å². The largest absolute Gasteiger partial charge is 0.508 e. The Morgan fingerprint density at radius 1 is 0.578 bits per heavy atom. The molecule has 240 valence electrons. The zero-order chi connectivity index (χ0) is 32.8. The quantitative estimate of drug-likeness (QED) is 0.195. The molecule has 5 rings (SSSR count). The smallest absolute Gasteiger partial charge is 0.294 e. The van der Waals surface area contributed by atoms with E-state index in [4.69, 9.17) is 0 Å². The number of aromatic hydroxyl groups is 2. The van der Waals surface area contributed by atoms with Crippen LogP contribution >= 0.6 is 0 Å². The van der Waals surface area contributed by atoms with Crippen molar-refractivity contribution in [3.8, 4) is 11.5 Å². The fourth-order valence-corrected chi connectivity index (χ4v) is 6.67. The van der Waals surface area contributed by atoms with Gasteiger partial charge in [0.1, 0.15) is 21.3 Å². The number of hydrogen-bond donors (Lipinski definition) is 4. The van der Waals surface area contributed by atoms with Gasteiger partial charge in [-0.3, -0.25) is 18.9 Å². The maximum atomic E-state index is 11.5. The van der Waals surface area contributed by atoms with Crippen molar-refractivity contribution in [1.29, 1.82) is 0 Å². The minimum Gasteiger partial charge on any atom is -0.508 e. The monoisotopic (exact) mass is 654 g/mol. The summed E-state index contributed by atoms with van der Waals surface area (Å²) in [6.07, 6.45) is -0.285. The lowest BCUT2D eigenvalue weighted by Gasteiger charge is -2.34. The van der Waals surface area contributed by atoms with Crippen LogP contribution in [-0.2, 0) is 39.7 Å². The summed E-state index contributed by atoms with van der Waals surface area (Å²) >= 11 is 0. The SMILES string of the molecule is Cc1cc(Cc2cc(C)c(O)cc2S(=O)(=O)O)c(S(=O)(=O)O)cc1O.c1ccc(CN2CCN(Cc3ccccc3)CC2)cc1. The predicted octanol–water partition coefficient (Wildman–Crippen LogP) is 4.80. The number of phenolic OH excluding ortho intramolecular Hbond substituents is 2. The van der Waals surface area contributed by atoms with Crippen molar-refractivity contribution in [1.82, 2.24) is 9.80 Å². The molecule has 0 bridgehead atoms. The molecule has 1 fully saturated rings. The first-order valence-corrected chi connectivity index (χ1v) is 17.2. The Morgan fingerprint density at radius 2 is 0.911 bits per heavy atom. The molecule has 0 aliphatic carbocycles. The minimum absolute atomic E-state index is 0.0211. The summed E-state index contributed by atoms with van der Waals surface area (Å²) < 4.78 is 64.9. The van der Waals surface area contributed by atoms with Gasteiger partial charge >= 0.3 is 0 Å². The fraction of sp³-hybridized carbons (Fsp3) is 0.273. The number of hydrogen-bond acceptors (Lipinski definition) is 8. The first-order valence-electron chi connectivity index (χ1n) is 14.3. The highest BCUT2D eigenvalue weighted by Crippen LogP contribution is 2.31. The van der Waals surface area contributed by atoms with Gasteiger partial charge in [-0.25, -0.2) is 0 Å². The van der Waals surface area contributed by atoms with Crippen molar-refractivity contribution >= 4 is 20.2 Å². The first-order chi connectivity index (χ1) is 21.2. The Bertz CT molecular complexity index is 1690. The Kier molecular flexibility index (Phi) is 11.0. The zero-order valence-electron chi connectivity index (χ0n) is 25.2. The van der Waals surface area contributed by atoms with Gasteiger partial charge in [0, 0.05) is 57.8 Å². The molecule has 1 saturated heterocycles. The highest BCUT2D eigenvalue weighted by atomic mass is 32.2. The van der Waals surface area contributed by atoms with E-state index in [0.717, 1.165) is 25.2 Å². The van der Waals surface area contributed by atoms with Crippen LogP contribution in [0.5, 0.6) is 11.5 Å². The van der Waals surface area contributed by atoms with E-state index in [-0.39, 0.29) is 29.0 Å². The Morgan fingerprint density at radius 3 is 1.22 bits per heavy atom. The number of nitrogens with zero attached hydrogens (tertiary/aromatic N) is 2. The van der Waals surface area contributed by atoms with Gasteiger partial charge in [-0.15, -0.1) is 0 Å². The third kappa shape index (κ3) is 9.60. The van der Waals surface area contributed by atoms with Gasteiger partial charge in [-0.1, -0.05) is 72.8 Å². The summed E-state index contributed by atoms with van der Waals surface area (Å²) in [4.78, 5) is 3.94. The van der Waals surface area contributed by atoms with Crippen molar-refractivity contribution in [3.63, 3.8) is 0 Å². The first kappa shape index (κ1) is 34.1. The van der Waals surface area contributed by atoms with E-state index >= 15 is 0 Å². The molecule has 12 heteroatoms. The molecule has 10 nitrogen and oxygen atoms in total. The van der Waals surface area contributed by atoms with Crippen LogP contribution in [0.1, 0.15) is 33.4 Å². The van der Waals surface area contributed by atoms with Crippen molar-refractivity contribution < 1.29 is 36.2 Å². The topological polar surface area (TPSA) is 156 Å². The molecule has 45 heavy (non-hydrogen) atoms. The Balaban J connectivity index is 0.000000209. The molecule has 4 aromatic carbocycles. The summed E-state index contributed by atoms with van der Waals surface area (Å²) in [6.45, 7) is 9.84. The molecule has 0 unspecified atom stereocenters. The standard InChI is InChI=1S/C18H22N2.C15H16O8S2/c1-3-7-17(8-4-1)15-19-11-13-20(14-12-19)16-18-9-5-2-6-10-18;1-8-3-10(14(6-12(8)16)24(18,19)20)5-11-4-9(2)13(17)7-15(11)25(21,22)23/h1-10H,11-16H2;3-4,6-7,16-17H,5H2,1-2H3,(H,18,19,20)(H,21,22,23). The van der Waals surface area contributed by atoms with Gasteiger partial charge in [0.2, 0.25) is 0 Å². The normalized spacial score (nSPS) is 14.5. The average Bonchev–Trinajstić information content (AvgIpc) is 2.98. The fourth-order valence-electron chi connectivity index (χ4n) is 5.22. The molecule has 4 aromatic rings. The average molecular weight is 655 g/mol. The second-order valence-corrected chi connectivity index (χ2v) is 13.9. The van der Waals surface area contributed by atoms with Crippen molar-refractivity contribution in [2.45, 2.75) is 43.1 Å². The van der Waals surface area contributed by atoms with Gasteiger partial charge in [0.15, 0.2) is 0 Å². The highest BCUT2D eigenvalue weighted by molar-refractivity contribution is 7.86. The van der Waals surface area contributed by atoms with Crippen LogP contribution in [0.15, 0.2) is 94.7 Å². The second kappa shape index (κ2) is 14.5. The van der Waals surface area contributed by atoms with Crippen LogP contribution in [0.3, 0.4) is 0 Å². The van der Waals surface area contributed by atoms with E-state index in [1.54, 1.807) is 0 Å². The van der Waals surface area contributed by atoms with Crippen LogP contribution in [-0.4, -0.2) is 72.1 Å². The molecule has 0 amide bonds. The maximum Gasteiger partial charge on any atom is 0.294 e. The summed E-state index contributed by atoms with van der Waals surface area (Å²) in [5.74, 6) is -0.707. The van der Waals surface area contributed by atoms with Crippen molar-refractivity contribution in [3.05, 3.63) is 118 Å². The van der Waals surface area contributed by atoms with Gasteiger partial charge in [-0.2, -0.15) is 16.8 Å².